The summed E-state index contributed by atoms with van der Waals surface area (Å²) in [6.07, 6.45) is 4.64. The van der Waals surface area contributed by atoms with Crippen molar-refractivity contribution in [2.24, 2.45) is 0 Å². The molecule has 0 aromatic carbocycles. The zero-order valence-corrected chi connectivity index (χ0v) is 9.05. The van der Waals surface area contributed by atoms with Crippen molar-refractivity contribution in [3.63, 3.8) is 0 Å². The third-order valence-corrected chi connectivity index (χ3v) is 2.22. The first kappa shape index (κ1) is 11.3. The Bertz CT molecular complexity index is 221. The van der Waals surface area contributed by atoms with Crippen LogP contribution in [0.4, 0.5) is 0 Å². The molecule has 1 aromatic heterocycles. The van der Waals surface area contributed by atoms with E-state index in [1.807, 2.05) is 6.07 Å². The fourth-order valence-corrected chi connectivity index (χ4v) is 1.40. The van der Waals surface area contributed by atoms with Gasteiger partial charge in [-0.3, -0.25) is 0 Å². The normalized spacial score (nSPS) is 13.0. The molecule has 0 saturated heterocycles. The molecular weight excluding hydrogens is 176 g/mol. The second kappa shape index (κ2) is 6.62. The van der Waals surface area contributed by atoms with E-state index in [0.29, 0.717) is 6.04 Å². The summed E-state index contributed by atoms with van der Waals surface area (Å²) in [4.78, 5) is 0. The molecule has 1 atom stereocenters. The van der Waals surface area contributed by atoms with Crippen molar-refractivity contribution in [1.29, 1.82) is 0 Å². The third kappa shape index (κ3) is 4.44. The molecule has 0 amide bonds. The molecule has 1 unspecified atom stereocenters. The Morgan fingerprint density at radius 2 is 2.36 bits per heavy atom. The number of rotatable bonds is 7. The van der Waals surface area contributed by atoms with Crippen molar-refractivity contribution in [3.05, 3.63) is 24.2 Å². The highest BCUT2D eigenvalue weighted by Gasteiger charge is 1.98. The molecule has 0 saturated carbocycles. The molecule has 14 heavy (non-hydrogen) atoms. The predicted molar refractivity (Wildman–Crippen MR) is 58.2 cm³/mol. The van der Waals surface area contributed by atoms with Crippen LogP contribution in [0, 0.1) is 0 Å². The van der Waals surface area contributed by atoms with Gasteiger partial charge in [0.15, 0.2) is 0 Å². The van der Waals surface area contributed by atoms with Crippen molar-refractivity contribution in [2.75, 3.05) is 13.1 Å². The zero-order valence-electron chi connectivity index (χ0n) is 9.05. The highest BCUT2D eigenvalue weighted by molar-refractivity contribution is 5.04. The van der Waals surface area contributed by atoms with Crippen LogP contribution in [-0.2, 0) is 6.54 Å². The van der Waals surface area contributed by atoms with Gasteiger partial charge in [-0.25, -0.2) is 0 Å². The van der Waals surface area contributed by atoms with Gasteiger partial charge in [0.1, 0.15) is 0 Å². The van der Waals surface area contributed by atoms with E-state index in [-0.39, 0.29) is 0 Å². The van der Waals surface area contributed by atoms with Crippen LogP contribution < -0.4 is 10.6 Å². The lowest BCUT2D eigenvalue weighted by Gasteiger charge is -2.11. The summed E-state index contributed by atoms with van der Waals surface area (Å²) in [5, 5.41) is 6.76. The van der Waals surface area contributed by atoms with Crippen LogP contribution >= 0.6 is 0 Å². The minimum absolute atomic E-state index is 0.594. The molecule has 0 aliphatic rings. The van der Waals surface area contributed by atoms with Crippen LogP contribution in [0.15, 0.2) is 23.0 Å². The van der Waals surface area contributed by atoms with E-state index < -0.39 is 0 Å². The molecule has 1 rings (SSSR count). The molecule has 1 aromatic rings. The Morgan fingerprint density at radius 1 is 1.50 bits per heavy atom. The van der Waals surface area contributed by atoms with Crippen LogP contribution in [0.2, 0.25) is 0 Å². The summed E-state index contributed by atoms with van der Waals surface area (Å²) in [6, 6.07) is 2.58. The highest BCUT2D eigenvalue weighted by atomic mass is 16.3. The van der Waals surface area contributed by atoms with Crippen LogP contribution in [0.1, 0.15) is 25.8 Å². The largest absolute Gasteiger partial charge is 0.472 e. The molecule has 80 valence electrons. The van der Waals surface area contributed by atoms with E-state index in [1.165, 1.54) is 5.56 Å². The highest BCUT2D eigenvalue weighted by Crippen LogP contribution is 1.98. The van der Waals surface area contributed by atoms with Crippen LogP contribution in [0.3, 0.4) is 0 Å². The lowest BCUT2D eigenvalue weighted by molar-refractivity contribution is 0.502. The Kier molecular flexibility index (Phi) is 5.33. The minimum Gasteiger partial charge on any atom is -0.472 e. The molecule has 3 nitrogen and oxygen atoms in total. The Morgan fingerprint density at radius 3 is 3.00 bits per heavy atom. The summed E-state index contributed by atoms with van der Waals surface area (Å²) in [5.41, 5.74) is 1.21. The number of hydrogen-bond donors (Lipinski definition) is 2. The van der Waals surface area contributed by atoms with E-state index in [9.17, 15) is 0 Å². The fourth-order valence-electron chi connectivity index (χ4n) is 1.40. The van der Waals surface area contributed by atoms with Crippen LogP contribution in [-0.4, -0.2) is 19.1 Å². The molecule has 0 bridgehead atoms. The molecule has 0 fully saturated rings. The quantitative estimate of drug-likeness (QED) is 0.652. The lowest BCUT2D eigenvalue weighted by atomic mass is 10.2. The van der Waals surface area contributed by atoms with E-state index in [4.69, 9.17) is 4.42 Å². The standard InChI is InChI=1S/C11H20N2O/c1-3-13-10(2)4-6-12-8-11-5-7-14-9-11/h5,7,9-10,12-13H,3-4,6,8H2,1-2H3. The summed E-state index contributed by atoms with van der Waals surface area (Å²) in [6.45, 7) is 7.33. The van der Waals surface area contributed by atoms with Gasteiger partial charge in [-0.1, -0.05) is 6.92 Å². The first-order valence-corrected chi connectivity index (χ1v) is 5.28. The van der Waals surface area contributed by atoms with Gasteiger partial charge >= 0.3 is 0 Å². The van der Waals surface area contributed by atoms with E-state index in [1.54, 1.807) is 12.5 Å². The molecule has 0 radical (unpaired) electrons. The van der Waals surface area contributed by atoms with Gasteiger partial charge in [0.25, 0.3) is 0 Å². The van der Waals surface area contributed by atoms with Crippen molar-refractivity contribution >= 4 is 0 Å². The monoisotopic (exact) mass is 196 g/mol. The van der Waals surface area contributed by atoms with Gasteiger partial charge in [-0.05, 0) is 32.5 Å². The predicted octanol–water partition coefficient (Wildman–Crippen LogP) is 1.76. The maximum Gasteiger partial charge on any atom is 0.0947 e. The van der Waals surface area contributed by atoms with Crippen LogP contribution in [0.5, 0.6) is 0 Å². The van der Waals surface area contributed by atoms with Crippen molar-refractivity contribution in [1.82, 2.24) is 10.6 Å². The number of furan rings is 1. The molecule has 3 heteroatoms. The third-order valence-electron chi connectivity index (χ3n) is 2.22. The molecule has 1 heterocycles. The number of nitrogens with one attached hydrogen (secondary N) is 2. The minimum atomic E-state index is 0.594. The smallest absolute Gasteiger partial charge is 0.0947 e. The lowest BCUT2D eigenvalue weighted by Crippen LogP contribution is -2.29. The average molecular weight is 196 g/mol. The first-order valence-electron chi connectivity index (χ1n) is 5.28. The second-order valence-corrected chi connectivity index (χ2v) is 3.56. The average Bonchev–Trinajstić information content (AvgIpc) is 2.65. The summed E-state index contributed by atoms with van der Waals surface area (Å²) < 4.78 is 4.98. The van der Waals surface area contributed by atoms with Gasteiger partial charge < -0.3 is 15.1 Å². The summed E-state index contributed by atoms with van der Waals surface area (Å²) >= 11 is 0. The fraction of sp³-hybridized carbons (Fsp3) is 0.636. The van der Waals surface area contributed by atoms with Crippen molar-refractivity contribution in [2.45, 2.75) is 32.9 Å². The number of hydrogen-bond acceptors (Lipinski definition) is 3. The second-order valence-electron chi connectivity index (χ2n) is 3.56. The summed E-state index contributed by atoms with van der Waals surface area (Å²) in [7, 11) is 0. The van der Waals surface area contributed by atoms with Crippen LogP contribution in [0.25, 0.3) is 0 Å². The van der Waals surface area contributed by atoms with Crippen molar-refractivity contribution in [3.8, 4) is 0 Å². The Balaban J connectivity index is 1.99. The Labute approximate surface area is 85.9 Å². The maximum absolute atomic E-state index is 4.98. The summed E-state index contributed by atoms with van der Waals surface area (Å²) in [5.74, 6) is 0. The van der Waals surface area contributed by atoms with E-state index in [0.717, 1.165) is 26.1 Å². The zero-order chi connectivity index (χ0) is 10.2. The topological polar surface area (TPSA) is 37.2 Å². The van der Waals surface area contributed by atoms with Crippen molar-refractivity contribution < 1.29 is 4.42 Å². The van der Waals surface area contributed by atoms with Gasteiger partial charge in [0.2, 0.25) is 0 Å². The molecule has 0 spiro atoms. The Hall–Kier alpha value is -0.800. The molecule has 0 aliphatic heterocycles. The molecule has 0 aliphatic carbocycles. The van der Waals surface area contributed by atoms with Gasteiger partial charge in [0, 0.05) is 18.2 Å². The molecular formula is C11H20N2O. The van der Waals surface area contributed by atoms with Gasteiger partial charge in [-0.2, -0.15) is 0 Å². The molecule has 2 N–H and O–H groups in total. The van der Waals surface area contributed by atoms with E-state index in [2.05, 4.69) is 24.5 Å². The first-order chi connectivity index (χ1) is 6.83. The van der Waals surface area contributed by atoms with Gasteiger partial charge in [0.05, 0.1) is 12.5 Å². The van der Waals surface area contributed by atoms with E-state index >= 15 is 0 Å². The SMILES string of the molecule is CCNC(C)CCNCc1ccoc1. The maximum atomic E-state index is 4.98. The van der Waals surface area contributed by atoms with Gasteiger partial charge in [-0.15, -0.1) is 0 Å².